The van der Waals surface area contributed by atoms with E-state index < -0.39 is 0 Å². The maximum Gasteiger partial charge on any atom is 0.186 e. The van der Waals surface area contributed by atoms with Gasteiger partial charge in [0.25, 0.3) is 0 Å². The number of rotatable bonds is 3. The molecule has 17 heavy (non-hydrogen) atoms. The van der Waals surface area contributed by atoms with Crippen LogP contribution in [0.25, 0.3) is 10.9 Å². The van der Waals surface area contributed by atoms with Crippen LogP contribution in [0.15, 0.2) is 24.3 Å². The fourth-order valence-electron chi connectivity index (χ4n) is 1.57. The van der Waals surface area contributed by atoms with Gasteiger partial charge in [0.05, 0.1) is 11.2 Å². The van der Waals surface area contributed by atoms with Gasteiger partial charge in [0.2, 0.25) is 0 Å². The molecule has 0 saturated heterocycles. The van der Waals surface area contributed by atoms with Crippen molar-refractivity contribution in [3.63, 3.8) is 0 Å². The zero-order valence-corrected chi connectivity index (χ0v) is 9.51. The molecule has 5 heteroatoms. The van der Waals surface area contributed by atoms with Gasteiger partial charge in [-0.15, -0.1) is 10.2 Å². The van der Waals surface area contributed by atoms with E-state index in [9.17, 15) is 0 Å². The number of benzene rings is 1. The molecule has 1 aromatic carbocycles. The number of fused-ring (bicyclic) bond motifs is 1. The Kier molecular flexibility index (Phi) is 3.17. The van der Waals surface area contributed by atoms with Gasteiger partial charge in [0.15, 0.2) is 5.69 Å². The first-order valence-corrected chi connectivity index (χ1v) is 5.37. The summed E-state index contributed by atoms with van der Waals surface area (Å²) in [6.45, 7) is 2.49. The van der Waals surface area contributed by atoms with Crippen molar-refractivity contribution in [3.8, 4) is 6.07 Å². The van der Waals surface area contributed by atoms with Crippen molar-refractivity contribution in [1.82, 2.24) is 10.2 Å². The average molecular weight is 227 g/mol. The smallest absolute Gasteiger partial charge is 0.186 e. The van der Waals surface area contributed by atoms with Gasteiger partial charge >= 0.3 is 0 Å². The van der Waals surface area contributed by atoms with Gasteiger partial charge in [-0.25, -0.2) is 0 Å². The van der Waals surface area contributed by atoms with Gasteiger partial charge in [0.1, 0.15) is 6.07 Å². The Bertz CT molecular complexity index is 571. The van der Waals surface area contributed by atoms with Crippen molar-refractivity contribution in [2.24, 2.45) is 5.73 Å². The van der Waals surface area contributed by atoms with Crippen LogP contribution < -0.4 is 11.1 Å². The molecule has 1 heterocycles. The van der Waals surface area contributed by atoms with E-state index in [4.69, 9.17) is 11.0 Å². The van der Waals surface area contributed by atoms with E-state index >= 15 is 0 Å². The lowest BCUT2D eigenvalue weighted by molar-refractivity contribution is 0.779. The molecule has 0 fully saturated rings. The Morgan fingerprint density at radius 3 is 2.88 bits per heavy atom. The highest BCUT2D eigenvalue weighted by atomic mass is 15.1. The average Bonchev–Trinajstić information content (AvgIpc) is 2.35. The summed E-state index contributed by atoms with van der Waals surface area (Å²) in [5.74, 6) is 0. The van der Waals surface area contributed by atoms with E-state index in [0.717, 1.165) is 10.9 Å². The van der Waals surface area contributed by atoms with Crippen molar-refractivity contribution in [3.05, 3.63) is 30.0 Å². The molecule has 1 atom stereocenters. The van der Waals surface area contributed by atoms with Gasteiger partial charge < -0.3 is 11.1 Å². The number of nitrogens with zero attached hydrogens (tertiary/aromatic N) is 3. The van der Waals surface area contributed by atoms with Gasteiger partial charge in [-0.2, -0.15) is 5.26 Å². The molecule has 0 radical (unpaired) electrons. The minimum Gasteiger partial charge on any atom is -0.381 e. The minimum absolute atomic E-state index is 0.00784. The zero-order chi connectivity index (χ0) is 12.3. The topological polar surface area (TPSA) is 87.6 Å². The Balaban J connectivity index is 2.52. The van der Waals surface area contributed by atoms with E-state index in [1.807, 2.05) is 37.3 Å². The normalized spacial score (nSPS) is 12.1. The summed E-state index contributed by atoms with van der Waals surface area (Å²) in [5, 5.41) is 20.9. The molecule has 3 N–H and O–H groups in total. The Hall–Kier alpha value is -2.19. The molecule has 1 unspecified atom stereocenters. The summed E-state index contributed by atoms with van der Waals surface area (Å²) in [6.07, 6.45) is 0. The number of aromatic nitrogens is 2. The fourth-order valence-corrected chi connectivity index (χ4v) is 1.57. The third kappa shape index (κ3) is 2.32. The van der Waals surface area contributed by atoms with Crippen molar-refractivity contribution < 1.29 is 0 Å². The molecule has 0 amide bonds. The largest absolute Gasteiger partial charge is 0.381 e. The number of hydrogen-bond donors (Lipinski definition) is 2. The van der Waals surface area contributed by atoms with Crippen LogP contribution in [-0.2, 0) is 0 Å². The fraction of sp³-hybridized carbons (Fsp3) is 0.250. The second-order valence-electron chi connectivity index (χ2n) is 3.91. The van der Waals surface area contributed by atoms with Crippen LogP contribution >= 0.6 is 0 Å². The number of anilines is 1. The lowest BCUT2D eigenvalue weighted by Gasteiger charge is -2.11. The maximum atomic E-state index is 9.02. The Morgan fingerprint density at radius 1 is 1.41 bits per heavy atom. The standard InChI is InChI=1S/C12H13N5/c1-8(14)7-15-12-9-4-2-3-5-10(9)16-17-11(12)6-13/h2-5,8H,7,14H2,1H3,(H,15,16). The minimum atomic E-state index is 0.00784. The van der Waals surface area contributed by atoms with Crippen LogP contribution in [-0.4, -0.2) is 22.8 Å². The first-order valence-electron chi connectivity index (χ1n) is 5.37. The van der Waals surface area contributed by atoms with Crippen molar-refractivity contribution >= 4 is 16.6 Å². The molecule has 0 aliphatic carbocycles. The van der Waals surface area contributed by atoms with Gasteiger partial charge in [-0.1, -0.05) is 18.2 Å². The van der Waals surface area contributed by atoms with E-state index in [0.29, 0.717) is 17.9 Å². The molecule has 1 aromatic heterocycles. The van der Waals surface area contributed by atoms with Crippen LogP contribution in [0.3, 0.4) is 0 Å². The highest BCUT2D eigenvalue weighted by molar-refractivity contribution is 5.92. The monoisotopic (exact) mass is 227 g/mol. The lowest BCUT2D eigenvalue weighted by atomic mass is 10.1. The van der Waals surface area contributed by atoms with Crippen LogP contribution in [0, 0.1) is 11.3 Å². The first kappa shape index (κ1) is 11.3. The number of hydrogen-bond acceptors (Lipinski definition) is 5. The molecular formula is C12H13N5. The van der Waals surface area contributed by atoms with Gasteiger partial charge in [-0.3, -0.25) is 0 Å². The maximum absolute atomic E-state index is 9.02. The number of nitriles is 1. The number of nitrogens with two attached hydrogens (primary N) is 1. The summed E-state index contributed by atoms with van der Waals surface area (Å²) in [4.78, 5) is 0. The highest BCUT2D eigenvalue weighted by Gasteiger charge is 2.09. The molecule has 0 aliphatic rings. The van der Waals surface area contributed by atoms with Gasteiger partial charge in [-0.05, 0) is 13.0 Å². The summed E-state index contributed by atoms with van der Waals surface area (Å²) in [6, 6.07) is 9.61. The second-order valence-corrected chi connectivity index (χ2v) is 3.91. The van der Waals surface area contributed by atoms with E-state index in [2.05, 4.69) is 15.5 Å². The van der Waals surface area contributed by atoms with Gasteiger partial charge in [0, 0.05) is 18.0 Å². The third-order valence-electron chi connectivity index (χ3n) is 2.37. The predicted molar refractivity (Wildman–Crippen MR) is 66.4 cm³/mol. The molecule has 0 saturated carbocycles. The quantitative estimate of drug-likeness (QED) is 0.824. The van der Waals surface area contributed by atoms with Crippen molar-refractivity contribution in [2.45, 2.75) is 13.0 Å². The first-order chi connectivity index (χ1) is 8.22. The molecule has 5 nitrogen and oxygen atoms in total. The van der Waals surface area contributed by atoms with Crippen LogP contribution in [0.2, 0.25) is 0 Å². The molecule has 86 valence electrons. The third-order valence-corrected chi connectivity index (χ3v) is 2.37. The molecule has 2 rings (SSSR count). The molecule has 0 spiro atoms. The Morgan fingerprint density at radius 2 is 2.18 bits per heavy atom. The zero-order valence-electron chi connectivity index (χ0n) is 9.51. The molecule has 0 bridgehead atoms. The Labute approximate surface area is 99.3 Å². The highest BCUT2D eigenvalue weighted by Crippen LogP contribution is 2.23. The van der Waals surface area contributed by atoms with E-state index in [1.54, 1.807) is 0 Å². The van der Waals surface area contributed by atoms with E-state index in [-0.39, 0.29) is 6.04 Å². The summed E-state index contributed by atoms with van der Waals surface area (Å²) >= 11 is 0. The van der Waals surface area contributed by atoms with Crippen LogP contribution in [0.5, 0.6) is 0 Å². The second kappa shape index (κ2) is 4.76. The van der Waals surface area contributed by atoms with Crippen LogP contribution in [0.1, 0.15) is 12.6 Å². The van der Waals surface area contributed by atoms with Crippen LogP contribution in [0.4, 0.5) is 5.69 Å². The van der Waals surface area contributed by atoms with Crippen molar-refractivity contribution in [2.75, 3.05) is 11.9 Å². The molecule has 2 aromatic rings. The van der Waals surface area contributed by atoms with Crippen molar-refractivity contribution in [1.29, 1.82) is 5.26 Å². The molecular weight excluding hydrogens is 214 g/mol. The number of nitrogens with one attached hydrogen (secondary N) is 1. The summed E-state index contributed by atoms with van der Waals surface area (Å²) < 4.78 is 0. The summed E-state index contributed by atoms with van der Waals surface area (Å²) in [7, 11) is 0. The predicted octanol–water partition coefficient (Wildman–Crippen LogP) is 1.26. The van der Waals surface area contributed by atoms with E-state index in [1.165, 1.54) is 0 Å². The molecule has 0 aliphatic heterocycles. The lowest BCUT2D eigenvalue weighted by Crippen LogP contribution is -2.25. The SMILES string of the molecule is CC(N)CNc1c(C#N)nnc2ccccc12. The summed E-state index contributed by atoms with van der Waals surface area (Å²) in [5.41, 5.74) is 7.46.